The first-order valence-corrected chi connectivity index (χ1v) is 16.1. The number of amides is 4. The van der Waals surface area contributed by atoms with E-state index in [2.05, 4.69) is 0 Å². The Morgan fingerprint density at radius 2 is 1.16 bits per heavy atom. The molecule has 244 valence electrons. The van der Waals surface area contributed by atoms with Crippen LogP contribution in [-0.4, -0.2) is 63.1 Å². The second-order valence-electron chi connectivity index (χ2n) is 13.2. The molecule has 2 aliphatic carbocycles. The van der Waals surface area contributed by atoms with Gasteiger partial charge in [-0.15, -0.1) is 0 Å². The van der Waals surface area contributed by atoms with Gasteiger partial charge in [-0.05, 0) is 71.0 Å². The highest BCUT2D eigenvalue weighted by molar-refractivity contribution is 6.59. The molecular formula is C36H30B2N2O9. The largest absolute Gasteiger partial charge is 0.507 e. The molecule has 6 atom stereocenters. The molecule has 2 heterocycles. The molecule has 5 N–H and O–H groups in total. The minimum atomic E-state index is -1.81. The number of phenolic OH excluding ortho intramolecular Hbond substituents is 1. The van der Waals surface area contributed by atoms with Gasteiger partial charge in [0.15, 0.2) is 0 Å². The number of hydrogen-bond acceptors (Lipinski definition) is 9. The summed E-state index contributed by atoms with van der Waals surface area (Å²) in [4.78, 5) is 59.2. The second kappa shape index (κ2) is 11.5. The van der Waals surface area contributed by atoms with Crippen molar-refractivity contribution in [2.45, 2.75) is 18.8 Å². The summed E-state index contributed by atoms with van der Waals surface area (Å²) in [6, 6.07) is 22.4. The van der Waals surface area contributed by atoms with Crippen LogP contribution in [0.3, 0.4) is 0 Å². The average Bonchev–Trinajstić information content (AvgIpc) is 3.51. The van der Waals surface area contributed by atoms with Crippen LogP contribution in [0.15, 0.2) is 96.6 Å². The highest BCUT2D eigenvalue weighted by Crippen LogP contribution is 2.59. The number of aromatic hydroxyl groups is 1. The number of imide groups is 2. The van der Waals surface area contributed by atoms with Gasteiger partial charge in [-0.2, -0.15) is 0 Å². The normalized spacial score (nSPS) is 26.1. The first-order valence-electron chi connectivity index (χ1n) is 16.1. The highest BCUT2D eigenvalue weighted by atomic mass is 16.4. The highest BCUT2D eigenvalue weighted by Gasteiger charge is 2.62. The van der Waals surface area contributed by atoms with Crippen LogP contribution in [0.25, 0.3) is 10.8 Å². The predicted molar refractivity (Wildman–Crippen MR) is 181 cm³/mol. The molecule has 4 aromatic rings. The Bertz CT molecular complexity index is 2120. The van der Waals surface area contributed by atoms with Crippen LogP contribution >= 0.6 is 0 Å². The van der Waals surface area contributed by atoms with Crippen LogP contribution < -0.4 is 20.7 Å². The number of phenols is 1. The number of fused-ring (bicyclic) bond motifs is 5. The molecule has 8 rings (SSSR count). The summed E-state index contributed by atoms with van der Waals surface area (Å²) in [6.45, 7) is 0. The Hall–Kier alpha value is -5.07. The zero-order chi connectivity index (χ0) is 34.3. The maximum atomic E-state index is 14.5. The Morgan fingerprint density at radius 1 is 0.592 bits per heavy atom. The molecule has 6 unspecified atom stereocenters. The van der Waals surface area contributed by atoms with E-state index in [0.717, 1.165) is 15.4 Å². The Kier molecular flexibility index (Phi) is 7.34. The van der Waals surface area contributed by atoms with E-state index in [-0.39, 0.29) is 40.9 Å². The van der Waals surface area contributed by atoms with E-state index in [1.807, 2.05) is 18.2 Å². The van der Waals surface area contributed by atoms with Crippen LogP contribution in [0, 0.1) is 29.6 Å². The number of carbonyl (C=O) groups is 4. The molecule has 49 heavy (non-hydrogen) atoms. The molecule has 13 heteroatoms. The van der Waals surface area contributed by atoms with Crippen molar-refractivity contribution in [2.24, 2.45) is 29.6 Å². The number of carbonyl (C=O) groups excluding carboxylic acids is 4. The van der Waals surface area contributed by atoms with Gasteiger partial charge in [0.05, 0.1) is 35.0 Å². The molecule has 3 fully saturated rings. The molecule has 4 amide bonds. The Morgan fingerprint density at radius 3 is 1.78 bits per heavy atom. The third-order valence-electron chi connectivity index (χ3n) is 10.8. The molecule has 0 aromatic heterocycles. The van der Waals surface area contributed by atoms with Crippen molar-refractivity contribution < 1.29 is 44.4 Å². The third-order valence-corrected chi connectivity index (χ3v) is 10.8. The van der Waals surface area contributed by atoms with Crippen LogP contribution in [-0.2, 0) is 19.2 Å². The smallest absolute Gasteiger partial charge is 0.488 e. The lowest BCUT2D eigenvalue weighted by Crippen LogP contribution is -2.43. The molecule has 0 bridgehead atoms. The SMILES string of the molecule is O=C1C2CC=C3C(CC4C(=O)N(c5cccc(B(O)O)c5)C(=O)C4C3c3ccc(O)c4ccccc34)C2C(=O)N1c1cccc(B(O)O)c1. The lowest BCUT2D eigenvalue weighted by atomic mass is 9.57. The predicted octanol–water partition coefficient (Wildman–Crippen LogP) is 0.950. The summed E-state index contributed by atoms with van der Waals surface area (Å²) in [6.07, 6.45) is 2.29. The lowest BCUT2D eigenvalue weighted by Gasteiger charge is -2.44. The first-order chi connectivity index (χ1) is 23.6. The molecule has 2 saturated heterocycles. The first kappa shape index (κ1) is 31.2. The monoisotopic (exact) mass is 656 g/mol. The summed E-state index contributed by atoms with van der Waals surface area (Å²) in [5.41, 5.74) is 2.14. The van der Waals surface area contributed by atoms with Crippen molar-refractivity contribution in [1.82, 2.24) is 0 Å². The maximum Gasteiger partial charge on any atom is 0.488 e. The van der Waals surface area contributed by atoms with Gasteiger partial charge in [0.25, 0.3) is 0 Å². The molecule has 2 aliphatic heterocycles. The quantitative estimate of drug-likeness (QED) is 0.119. The summed E-state index contributed by atoms with van der Waals surface area (Å²) in [7, 11) is -3.61. The van der Waals surface area contributed by atoms with Crippen molar-refractivity contribution in [1.29, 1.82) is 0 Å². The van der Waals surface area contributed by atoms with Crippen LogP contribution in [0.5, 0.6) is 5.75 Å². The Balaban J connectivity index is 1.27. The molecule has 4 aromatic carbocycles. The summed E-state index contributed by atoms with van der Waals surface area (Å²) in [5.74, 6) is -6.29. The van der Waals surface area contributed by atoms with Crippen LogP contribution in [0.1, 0.15) is 24.3 Å². The van der Waals surface area contributed by atoms with E-state index in [9.17, 15) is 44.4 Å². The van der Waals surface area contributed by atoms with Crippen molar-refractivity contribution in [3.8, 4) is 5.75 Å². The van der Waals surface area contributed by atoms with Gasteiger partial charge in [0.1, 0.15) is 5.75 Å². The van der Waals surface area contributed by atoms with Crippen molar-refractivity contribution >= 4 is 70.9 Å². The minimum absolute atomic E-state index is 0.0539. The van der Waals surface area contributed by atoms with Crippen molar-refractivity contribution in [3.05, 3.63) is 102 Å². The van der Waals surface area contributed by atoms with E-state index in [0.29, 0.717) is 16.3 Å². The van der Waals surface area contributed by atoms with Crippen LogP contribution in [0.4, 0.5) is 11.4 Å². The summed E-state index contributed by atoms with van der Waals surface area (Å²) < 4.78 is 0. The number of benzene rings is 4. The topological polar surface area (TPSA) is 176 Å². The fourth-order valence-corrected chi connectivity index (χ4v) is 8.67. The molecular weight excluding hydrogens is 626 g/mol. The molecule has 1 saturated carbocycles. The fourth-order valence-electron chi connectivity index (χ4n) is 8.67. The molecule has 4 aliphatic rings. The zero-order valence-corrected chi connectivity index (χ0v) is 26.0. The maximum absolute atomic E-state index is 14.5. The Labute approximate surface area is 281 Å². The number of anilines is 2. The van der Waals surface area contributed by atoms with E-state index >= 15 is 0 Å². The van der Waals surface area contributed by atoms with Gasteiger partial charge in [0.2, 0.25) is 23.6 Å². The van der Waals surface area contributed by atoms with Gasteiger partial charge >= 0.3 is 14.2 Å². The second-order valence-corrected chi connectivity index (χ2v) is 13.2. The third kappa shape index (κ3) is 4.68. The summed E-state index contributed by atoms with van der Waals surface area (Å²) in [5, 5.41) is 51.1. The van der Waals surface area contributed by atoms with Crippen molar-refractivity contribution in [2.75, 3.05) is 9.80 Å². The number of rotatable bonds is 5. The summed E-state index contributed by atoms with van der Waals surface area (Å²) >= 11 is 0. The number of allylic oxidation sites excluding steroid dienone is 2. The number of nitrogens with zero attached hydrogens (tertiary/aromatic N) is 2. The molecule has 11 nitrogen and oxygen atoms in total. The molecule has 0 radical (unpaired) electrons. The minimum Gasteiger partial charge on any atom is -0.507 e. The van der Waals surface area contributed by atoms with E-state index in [4.69, 9.17) is 0 Å². The zero-order valence-electron chi connectivity index (χ0n) is 26.0. The van der Waals surface area contributed by atoms with E-state index < -0.39 is 73.4 Å². The van der Waals surface area contributed by atoms with E-state index in [1.54, 1.807) is 36.4 Å². The fraction of sp³-hybridized carbons (Fsp3) is 0.222. The number of hydrogen-bond donors (Lipinski definition) is 5. The van der Waals surface area contributed by atoms with Crippen LogP contribution in [0.2, 0.25) is 0 Å². The lowest BCUT2D eigenvalue weighted by molar-refractivity contribution is -0.126. The van der Waals surface area contributed by atoms with Gasteiger partial charge in [0, 0.05) is 11.3 Å². The van der Waals surface area contributed by atoms with Gasteiger partial charge in [-0.3, -0.25) is 29.0 Å². The van der Waals surface area contributed by atoms with E-state index in [1.165, 1.54) is 36.4 Å². The average molecular weight is 656 g/mol. The van der Waals surface area contributed by atoms with Gasteiger partial charge < -0.3 is 25.2 Å². The van der Waals surface area contributed by atoms with Gasteiger partial charge in [-0.25, -0.2) is 0 Å². The van der Waals surface area contributed by atoms with Crippen molar-refractivity contribution in [3.63, 3.8) is 0 Å². The standard InChI is InChI=1S/C36H30B2N2O9/c41-29-14-13-24(22-9-1-2-10-23(22)29)30-25-11-12-26-31(35(44)39(33(26)42)20-7-3-5-18(15-20)37(46)47)27(25)17-28-32(30)36(45)40(34(28)43)21-8-4-6-19(16-21)38(48)49/h1-11,13-16,26-28,30-32,41,46-49H,12,17H2. The molecule has 0 spiro atoms. The van der Waals surface area contributed by atoms with Gasteiger partial charge in [-0.1, -0.05) is 66.2 Å².